The number of nitrogens with zero attached hydrogens (tertiary/aromatic N) is 3. The number of halogens is 1. The molecule has 1 aromatic rings. The molecule has 2 heterocycles. The van der Waals surface area contributed by atoms with E-state index in [0.29, 0.717) is 6.54 Å². The summed E-state index contributed by atoms with van der Waals surface area (Å²) in [5, 5.41) is 6.90. The van der Waals surface area contributed by atoms with E-state index in [-0.39, 0.29) is 24.9 Å². The van der Waals surface area contributed by atoms with E-state index in [1.54, 1.807) is 9.58 Å². The normalized spacial score (nSPS) is 16.1. The maximum absolute atomic E-state index is 11.7. The summed E-state index contributed by atoms with van der Waals surface area (Å²) >= 11 is 3.50. The van der Waals surface area contributed by atoms with Crippen molar-refractivity contribution in [1.82, 2.24) is 20.0 Å². The minimum Gasteiger partial charge on any atom is -0.345 e. The standard InChI is InChI=1S/C11H15BrN4O2/c1-3-7-11(12)8(15(2)14-7)5-16-6-9(17)13-4-10(16)18/h3-6H2,1-2H3,(H,13,17). The molecule has 1 aliphatic rings. The number of hydrogen-bond acceptors (Lipinski definition) is 3. The Bertz CT molecular complexity index is 497. The van der Waals surface area contributed by atoms with Crippen molar-refractivity contribution >= 4 is 27.7 Å². The van der Waals surface area contributed by atoms with Crippen molar-refractivity contribution in [3.05, 3.63) is 15.9 Å². The molecular formula is C11H15BrN4O2. The first-order valence-corrected chi connectivity index (χ1v) is 6.57. The number of aryl methyl sites for hydroxylation is 2. The van der Waals surface area contributed by atoms with Gasteiger partial charge in [0, 0.05) is 7.05 Å². The number of piperazine rings is 1. The Morgan fingerprint density at radius 3 is 2.78 bits per heavy atom. The summed E-state index contributed by atoms with van der Waals surface area (Å²) in [7, 11) is 1.84. The zero-order valence-electron chi connectivity index (χ0n) is 10.4. The van der Waals surface area contributed by atoms with Crippen LogP contribution in [0.15, 0.2) is 4.47 Å². The average Bonchev–Trinajstić information content (AvgIpc) is 2.61. The monoisotopic (exact) mass is 314 g/mol. The molecule has 2 amide bonds. The van der Waals surface area contributed by atoms with Crippen molar-refractivity contribution in [3.63, 3.8) is 0 Å². The van der Waals surface area contributed by atoms with Crippen molar-refractivity contribution < 1.29 is 9.59 Å². The highest BCUT2D eigenvalue weighted by Gasteiger charge is 2.25. The Hall–Kier alpha value is -1.37. The molecule has 0 saturated carbocycles. The van der Waals surface area contributed by atoms with Crippen LogP contribution in [0.2, 0.25) is 0 Å². The van der Waals surface area contributed by atoms with Gasteiger partial charge in [0.15, 0.2) is 0 Å². The largest absolute Gasteiger partial charge is 0.345 e. The second-order valence-corrected chi connectivity index (χ2v) is 5.00. The zero-order chi connectivity index (χ0) is 13.3. The van der Waals surface area contributed by atoms with E-state index < -0.39 is 0 Å². The van der Waals surface area contributed by atoms with E-state index in [2.05, 4.69) is 26.3 Å². The molecule has 6 nitrogen and oxygen atoms in total. The van der Waals surface area contributed by atoms with Gasteiger partial charge in [-0.05, 0) is 22.4 Å². The maximum Gasteiger partial charge on any atom is 0.242 e. The lowest BCUT2D eigenvalue weighted by molar-refractivity contribution is -0.141. The molecule has 98 valence electrons. The fourth-order valence-electron chi connectivity index (χ4n) is 1.92. The van der Waals surface area contributed by atoms with Gasteiger partial charge in [-0.25, -0.2) is 0 Å². The quantitative estimate of drug-likeness (QED) is 0.867. The summed E-state index contributed by atoms with van der Waals surface area (Å²) in [5.41, 5.74) is 1.87. The molecule has 7 heteroatoms. The Morgan fingerprint density at radius 1 is 1.44 bits per heavy atom. The summed E-state index contributed by atoms with van der Waals surface area (Å²) in [6.07, 6.45) is 0.822. The lowest BCUT2D eigenvalue weighted by Crippen LogP contribution is -2.51. The van der Waals surface area contributed by atoms with Crippen LogP contribution in [-0.4, -0.2) is 39.6 Å². The van der Waals surface area contributed by atoms with Crippen molar-refractivity contribution in [3.8, 4) is 0 Å². The first-order valence-electron chi connectivity index (χ1n) is 5.77. The van der Waals surface area contributed by atoms with Crippen LogP contribution in [0.3, 0.4) is 0 Å². The summed E-state index contributed by atoms with van der Waals surface area (Å²) in [6.45, 7) is 2.61. The highest BCUT2D eigenvalue weighted by atomic mass is 79.9. The van der Waals surface area contributed by atoms with E-state index >= 15 is 0 Å². The van der Waals surface area contributed by atoms with Crippen LogP contribution in [0.25, 0.3) is 0 Å². The fraction of sp³-hybridized carbons (Fsp3) is 0.545. The van der Waals surface area contributed by atoms with E-state index in [9.17, 15) is 9.59 Å². The molecule has 0 radical (unpaired) electrons. The third-order valence-corrected chi connectivity index (χ3v) is 3.88. The number of amides is 2. The predicted molar refractivity (Wildman–Crippen MR) is 68.7 cm³/mol. The van der Waals surface area contributed by atoms with Gasteiger partial charge in [-0.1, -0.05) is 6.92 Å². The molecule has 0 unspecified atom stereocenters. The van der Waals surface area contributed by atoms with Crippen LogP contribution in [0.5, 0.6) is 0 Å². The maximum atomic E-state index is 11.7. The van der Waals surface area contributed by atoms with Crippen molar-refractivity contribution in [2.45, 2.75) is 19.9 Å². The van der Waals surface area contributed by atoms with Crippen molar-refractivity contribution in [1.29, 1.82) is 0 Å². The molecule has 18 heavy (non-hydrogen) atoms. The fourth-order valence-corrected chi connectivity index (χ4v) is 2.66. The third kappa shape index (κ3) is 2.40. The van der Waals surface area contributed by atoms with E-state index in [1.807, 2.05) is 14.0 Å². The molecule has 1 saturated heterocycles. The predicted octanol–water partition coefficient (Wildman–Crippen LogP) is 0.203. The smallest absolute Gasteiger partial charge is 0.242 e. The third-order valence-electron chi connectivity index (χ3n) is 2.97. The molecule has 2 rings (SSSR count). The Balaban J connectivity index is 2.20. The number of nitrogens with one attached hydrogen (secondary N) is 1. The number of rotatable bonds is 3. The van der Waals surface area contributed by atoms with Crippen LogP contribution in [-0.2, 0) is 29.6 Å². The Kier molecular flexibility index (Phi) is 3.70. The molecule has 1 N–H and O–H groups in total. The SMILES string of the molecule is CCc1nn(C)c(CN2CC(=O)NCC2=O)c1Br. The zero-order valence-corrected chi connectivity index (χ0v) is 12.0. The molecule has 1 aromatic heterocycles. The van der Waals surface area contributed by atoms with E-state index in [0.717, 1.165) is 22.3 Å². The Morgan fingerprint density at radius 2 is 2.17 bits per heavy atom. The molecule has 0 bridgehead atoms. The van der Waals surface area contributed by atoms with Gasteiger partial charge in [0.2, 0.25) is 11.8 Å². The van der Waals surface area contributed by atoms with Gasteiger partial charge in [0.1, 0.15) is 0 Å². The molecular weight excluding hydrogens is 300 g/mol. The van der Waals surface area contributed by atoms with Crippen LogP contribution < -0.4 is 5.32 Å². The van der Waals surface area contributed by atoms with Crippen LogP contribution >= 0.6 is 15.9 Å². The first-order chi connectivity index (χ1) is 8.52. The lowest BCUT2D eigenvalue weighted by Gasteiger charge is -2.26. The molecule has 0 aliphatic carbocycles. The van der Waals surface area contributed by atoms with Crippen molar-refractivity contribution in [2.75, 3.05) is 13.1 Å². The number of carbonyl (C=O) groups excluding carboxylic acids is 2. The summed E-state index contributed by atoms with van der Waals surface area (Å²) in [4.78, 5) is 24.6. The average molecular weight is 315 g/mol. The second kappa shape index (κ2) is 5.09. The van der Waals surface area contributed by atoms with Gasteiger partial charge >= 0.3 is 0 Å². The highest BCUT2D eigenvalue weighted by Crippen LogP contribution is 2.23. The summed E-state index contributed by atoms with van der Waals surface area (Å²) < 4.78 is 2.68. The first kappa shape index (κ1) is 13.1. The van der Waals surface area contributed by atoms with Gasteiger partial charge in [-0.2, -0.15) is 5.10 Å². The minimum absolute atomic E-state index is 0.0688. The molecule has 0 aromatic carbocycles. The van der Waals surface area contributed by atoms with E-state index in [1.165, 1.54) is 0 Å². The minimum atomic E-state index is -0.122. The van der Waals surface area contributed by atoms with Gasteiger partial charge in [0.25, 0.3) is 0 Å². The molecule has 0 atom stereocenters. The van der Waals surface area contributed by atoms with Gasteiger partial charge in [-0.15, -0.1) is 0 Å². The second-order valence-electron chi connectivity index (χ2n) is 4.21. The number of aromatic nitrogens is 2. The van der Waals surface area contributed by atoms with Crippen LogP contribution in [0.4, 0.5) is 0 Å². The van der Waals surface area contributed by atoms with Crippen LogP contribution in [0, 0.1) is 0 Å². The van der Waals surface area contributed by atoms with Crippen LogP contribution in [0.1, 0.15) is 18.3 Å². The number of hydrogen-bond donors (Lipinski definition) is 1. The topological polar surface area (TPSA) is 67.2 Å². The van der Waals surface area contributed by atoms with Gasteiger partial charge in [0.05, 0.1) is 35.5 Å². The molecule has 0 spiro atoms. The van der Waals surface area contributed by atoms with Gasteiger partial charge < -0.3 is 10.2 Å². The molecule has 1 aliphatic heterocycles. The molecule has 1 fully saturated rings. The van der Waals surface area contributed by atoms with Crippen molar-refractivity contribution in [2.24, 2.45) is 7.05 Å². The number of carbonyl (C=O) groups is 2. The van der Waals surface area contributed by atoms with E-state index in [4.69, 9.17) is 0 Å². The Labute approximate surface area is 113 Å². The lowest BCUT2D eigenvalue weighted by atomic mass is 10.2. The highest BCUT2D eigenvalue weighted by molar-refractivity contribution is 9.10. The van der Waals surface area contributed by atoms with Gasteiger partial charge in [-0.3, -0.25) is 14.3 Å². The summed E-state index contributed by atoms with van der Waals surface area (Å²) in [5.74, 6) is -0.190. The summed E-state index contributed by atoms with van der Waals surface area (Å²) in [6, 6.07) is 0.